The van der Waals surface area contributed by atoms with Crippen LogP contribution in [0.4, 0.5) is 10.5 Å². The first-order valence-corrected chi connectivity index (χ1v) is 6.87. The van der Waals surface area contributed by atoms with Crippen LogP contribution in [0, 0.1) is 0 Å². The number of aromatic nitrogens is 4. The zero-order valence-corrected chi connectivity index (χ0v) is 12.0. The number of carbonyl (C=O) groups excluding carboxylic acids is 2. The number of aromatic amines is 1. The van der Waals surface area contributed by atoms with E-state index >= 15 is 0 Å². The van der Waals surface area contributed by atoms with Crippen molar-refractivity contribution in [3.05, 3.63) is 24.3 Å². The third-order valence-corrected chi connectivity index (χ3v) is 3.07. The summed E-state index contributed by atoms with van der Waals surface area (Å²) in [6.07, 6.45) is -0.778. The van der Waals surface area contributed by atoms with Crippen molar-refractivity contribution in [1.82, 2.24) is 25.9 Å². The minimum atomic E-state index is -0.778. The molecule has 23 heavy (non-hydrogen) atoms. The molecule has 0 aliphatic carbocycles. The molecule has 3 amide bonds. The molecule has 1 aliphatic rings. The molecule has 1 aromatic carbocycles. The lowest BCUT2D eigenvalue weighted by atomic mass is 10.2. The molecule has 2 aromatic rings. The second-order valence-electron chi connectivity index (χ2n) is 4.69. The standard InChI is InChI=1S/C13H14N6O4/c20-12(10-7-22-4-5-23-10)15-13(21)14-9-3-1-2-8(6-9)11-16-18-19-17-11/h1-3,6,10H,4-5,7H2,(H2,14,15,20,21)(H,16,17,18,19). The average molecular weight is 318 g/mol. The van der Waals surface area contributed by atoms with Crippen molar-refractivity contribution in [3.63, 3.8) is 0 Å². The van der Waals surface area contributed by atoms with E-state index < -0.39 is 18.0 Å². The molecule has 120 valence electrons. The van der Waals surface area contributed by atoms with Gasteiger partial charge in [0.1, 0.15) is 0 Å². The van der Waals surface area contributed by atoms with E-state index in [2.05, 4.69) is 31.3 Å². The predicted molar refractivity (Wildman–Crippen MR) is 77.3 cm³/mol. The van der Waals surface area contributed by atoms with Crippen molar-refractivity contribution in [3.8, 4) is 11.4 Å². The number of urea groups is 1. The van der Waals surface area contributed by atoms with Gasteiger partial charge in [-0.3, -0.25) is 10.1 Å². The van der Waals surface area contributed by atoms with Gasteiger partial charge in [0.2, 0.25) is 5.82 Å². The number of tetrazole rings is 1. The molecule has 0 spiro atoms. The van der Waals surface area contributed by atoms with Gasteiger partial charge in [-0.25, -0.2) is 4.79 Å². The molecular formula is C13H14N6O4. The van der Waals surface area contributed by atoms with Crippen LogP contribution in [0.25, 0.3) is 11.4 Å². The summed E-state index contributed by atoms with van der Waals surface area (Å²) in [4.78, 5) is 23.7. The number of nitrogens with zero attached hydrogens (tertiary/aromatic N) is 3. The molecule has 0 saturated carbocycles. The van der Waals surface area contributed by atoms with Crippen LogP contribution in [-0.2, 0) is 14.3 Å². The molecule has 1 unspecified atom stereocenters. The maximum Gasteiger partial charge on any atom is 0.325 e. The quantitative estimate of drug-likeness (QED) is 0.722. The van der Waals surface area contributed by atoms with Gasteiger partial charge in [-0.2, -0.15) is 5.21 Å². The van der Waals surface area contributed by atoms with E-state index in [0.717, 1.165) is 0 Å². The van der Waals surface area contributed by atoms with Crippen LogP contribution >= 0.6 is 0 Å². The van der Waals surface area contributed by atoms with Crippen molar-refractivity contribution in [2.24, 2.45) is 0 Å². The van der Waals surface area contributed by atoms with Gasteiger partial charge in [0.15, 0.2) is 6.10 Å². The molecule has 3 rings (SSSR count). The van der Waals surface area contributed by atoms with Crippen LogP contribution in [-0.4, -0.2) is 58.5 Å². The Morgan fingerprint density at radius 3 is 2.96 bits per heavy atom. The fraction of sp³-hybridized carbons (Fsp3) is 0.308. The van der Waals surface area contributed by atoms with Gasteiger partial charge < -0.3 is 14.8 Å². The van der Waals surface area contributed by atoms with E-state index in [1.807, 2.05) is 0 Å². The van der Waals surface area contributed by atoms with E-state index in [1.165, 1.54) is 0 Å². The lowest BCUT2D eigenvalue weighted by molar-refractivity contribution is -0.146. The largest absolute Gasteiger partial charge is 0.376 e. The topological polar surface area (TPSA) is 131 Å². The minimum absolute atomic E-state index is 0.131. The summed E-state index contributed by atoms with van der Waals surface area (Å²) in [5.41, 5.74) is 1.16. The van der Waals surface area contributed by atoms with Gasteiger partial charge in [0, 0.05) is 11.3 Å². The number of benzene rings is 1. The number of nitrogens with one attached hydrogen (secondary N) is 3. The van der Waals surface area contributed by atoms with Crippen molar-refractivity contribution < 1.29 is 19.1 Å². The first-order valence-electron chi connectivity index (χ1n) is 6.87. The smallest absolute Gasteiger partial charge is 0.325 e. The first-order chi connectivity index (χ1) is 11.2. The summed E-state index contributed by atoms with van der Waals surface area (Å²) < 4.78 is 10.3. The van der Waals surface area contributed by atoms with Crippen LogP contribution in [0.3, 0.4) is 0 Å². The van der Waals surface area contributed by atoms with Crippen molar-refractivity contribution in [1.29, 1.82) is 0 Å². The van der Waals surface area contributed by atoms with E-state index in [-0.39, 0.29) is 6.61 Å². The van der Waals surface area contributed by atoms with Gasteiger partial charge in [-0.15, -0.1) is 10.2 Å². The van der Waals surface area contributed by atoms with Gasteiger partial charge in [0.05, 0.1) is 19.8 Å². The molecule has 0 radical (unpaired) electrons. The molecular weight excluding hydrogens is 304 g/mol. The number of ether oxygens (including phenoxy) is 2. The first kappa shape index (κ1) is 15.1. The number of amides is 3. The highest BCUT2D eigenvalue weighted by Gasteiger charge is 2.24. The summed E-state index contributed by atoms with van der Waals surface area (Å²) >= 11 is 0. The number of hydrogen-bond donors (Lipinski definition) is 3. The van der Waals surface area contributed by atoms with Crippen LogP contribution in [0.2, 0.25) is 0 Å². The third kappa shape index (κ3) is 3.87. The highest BCUT2D eigenvalue weighted by atomic mass is 16.6. The predicted octanol–water partition coefficient (Wildman–Crippen LogP) is -0.0698. The normalized spacial score (nSPS) is 17.5. The monoisotopic (exact) mass is 318 g/mol. The summed E-state index contributed by atoms with van der Waals surface area (Å²) in [5, 5.41) is 18.3. The van der Waals surface area contributed by atoms with Crippen LogP contribution in [0.5, 0.6) is 0 Å². The molecule has 0 bridgehead atoms. The Hall–Kier alpha value is -2.85. The summed E-state index contributed by atoms with van der Waals surface area (Å²) in [7, 11) is 0. The molecule has 2 heterocycles. The number of H-pyrrole nitrogens is 1. The maximum absolute atomic E-state index is 11.9. The van der Waals surface area contributed by atoms with Crippen LogP contribution < -0.4 is 10.6 Å². The zero-order valence-electron chi connectivity index (χ0n) is 12.0. The van der Waals surface area contributed by atoms with E-state index in [0.29, 0.717) is 30.3 Å². The molecule has 1 atom stereocenters. The number of hydrogen-bond acceptors (Lipinski definition) is 7. The fourth-order valence-corrected chi connectivity index (χ4v) is 2.01. The van der Waals surface area contributed by atoms with Crippen LogP contribution in [0.15, 0.2) is 24.3 Å². The second kappa shape index (κ2) is 6.94. The third-order valence-electron chi connectivity index (χ3n) is 3.07. The van der Waals surface area contributed by atoms with E-state index in [9.17, 15) is 9.59 Å². The molecule has 1 aliphatic heterocycles. The second-order valence-corrected chi connectivity index (χ2v) is 4.69. The number of carbonyl (C=O) groups is 2. The number of rotatable bonds is 3. The Kier molecular flexibility index (Phi) is 4.54. The van der Waals surface area contributed by atoms with Crippen molar-refractivity contribution in [2.45, 2.75) is 6.10 Å². The van der Waals surface area contributed by atoms with Crippen molar-refractivity contribution >= 4 is 17.6 Å². The lowest BCUT2D eigenvalue weighted by Gasteiger charge is -2.21. The number of imide groups is 1. The maximum atomic E-state index is 11.9. The average Bonchev–Trinajstić information content (AvgIpc) is 3.10. The Morgan fingerprint density at radius 1 is 1.30 bits per heavy atom. The summed E-state index contributed by atoms with van der Waals surface area (Å²) in [6, 6.07) is 6.17. The van der Waals surface area contributed by atoms with Crippen molar-refractivity contribution in [2.75, 3.05) is 25.1 Å². The van der Waals surface area contributed by atoms with Gasteiger partial charge >= 0.3 is 6.03 Å². The Bertz CT molecular complexity index is 684. The SMILES string of the molecule is O=C(NC(=O)C1COCCO1)Nc1cccc(-c2nn[nH]n2)c1. The van der Waals surface area contributed by atoms with E-state index in [4.69, 9.17) is 9.47 Å². The Balaban J connectivity index is 1.59. The molecule has 1 fully saturated rings. The summed E-state index contributed by atoms with van der Waals surface area (Å²) in [6.45, 7) is 0.901. The highest BCUT2D eigenvalue weighted by molar-refractivity contribution is 6.02. The molecule has 10 nitrogen and oxygen atoms in total. The molecule has 3 N–H and O–H groups in total. The number of anilines is 1. The zero-order chi connectivity index (χ0) is 16.1. The van der Waals surface area contributed by atoms with E-state index in [1.54, 1.807) is 24.3 Å². The Morgan fingerprint density at radius 2 is 2.22 bits per heavy atom. The van der Waals surface area contributed by atoms with Gasteiger partial charge in [-0.05, 0) is 17.3 Å². The Labute approximate surface area is 130 Å². The minimum Gasteiger partial charge on any atom is -0.376 e. The highest BCUT2D eigenvalue weighted by Crippen LogP contribution is 2.18. The lowest BCUT2D eigenvalue weighted by Crippen LogP contribution is -2.46. The van der Waals surface area contributed by atoms with Crippen LogP contribution in [0.1, 0.15) is 0 Å². The van der Waals surface area contributed by atoms with Gasteiger partial charge in [0.25, 0.3) is 5.91 Å². The van der Waals surface area contributed by atoms with Gasteiger partial charge in [-0.1, -0.05) is 12.1 Å². The molecule has 1 saturated heterocycles. The molecule has 10 heteroatoms. The fourth-order valence-electron chi connectivity index (χ4n) is 2.01. The summed E-state index contributed by atoms with van der Waals surface area (Å²) in [5.74, 6) is -0.144. The molecule has 1 aromatic heterocycles.